The van der Waals surface area contributed by atoms with Crippen molar-refractivity contribution in [1.29, 1.82) is 0 Å². The molecule has 0 amide bonds. The van der Waals surface area contributed by atoms with Crippen LogP contribution in [0, 0.1) is 0 Å². The second-order valence-electron chi connectivity index (χ2n) is 3.95. The van der Waals surface area contributed by atoms with Crippen molar-refractivity contribution < 1.29 is 18.8 Å². The van der Waals surface area contributed by atoms with E-state index < -0.39 is 16.8 Å². The van der Waals surface area contributed by atoms with Crippen molar-refractivity contribution in [2.75, 3.05) is 12.4 Å². The van der Waals surface area contributed by atoms with Gasteiger partial charge in [0.2, 0.25) is 0 Å². The van der Waals surface area contributed by atoms with Crippen LogP contribution in [0.25, 0.3) is 0 Å². The summed E-state index contributed by atoms with van der Waals surface area (Å²) in [6, 6.07) is 6.46. The van der Waals surface area contributed by atoms with Crippen LogP contribution >= 0.6 is 0 Å². The number of aromatic carboxylic acids is 1. The van der Waals surface area contributed by atoms with E-state index in [1.807, 2.05) is 13.8 Å². The summed E-state index contributed by atoms with van der Waals surface area (Å²) in [6.07, 6.45) is 0.859. The Morgan fingerprint density at radius 3 is 2.72 bits per heavy atom. The van der Waals surface area contributed by atoms with Crippen molar-refractivity contribution in [3.05, 3.63) is 29.8 Å². The monoisotopic (exact) mass is 270 g/mol. The van der Waals surface area contributed by atoms with Crippen molar-refractivity contribution in [2.24, 2.45) is 0 Å². The molecule has 0 aliphatic rings. The van der Waals surface area contributed by atoms with Crippen molar-refractivity contribution in [1.82, 2.24) is 0 Å². The minimum absolute atomic E-state index is 0.131. The number of benzene rings is 1. The Hall–Kier alpha value is -1.36. The third kappa shape index (κ3) is 4.14. The zero-order valence-electron chi connectivity index (χ0n) is 10.6. The highest BCUT2D eigenvalue weighted by molar-refractivity contribution is 7.85. The Labute approximate surface area is 109 Å². The lowest BCUT2D eigenvalue weighted by Gasteiger charge is -2.11. The number of para-hydroxylation sites is 1. The lowest BCUT2D eigenvalue weighted by Crippen LogP contribution is -2.18. The molecule has 1 rings (SSSR count). The zero-order chi connectivity index (χ0) is 13.5. The largest absolute Gasteiger partial charge is 0.492 e. The first kappa shape index (κ1) is 14.7. The molecule has 0 radical (unpaired) electrons. The summed E-state index contributed by atoms with van der Waals surface area (Å²) in [5.74, 6) is -0.275. The first-order valence-corrected chi connectivity index (χ1v) is 7.26. The second-order valence-corrected chi connectivity index (χ2v) is 5.93. The van der Waals surface area contributed by atoms with Gasteiger partial charge in [0.05, 0.1) is 12.4 Å². The molecule has 1 N–H and O–H groups in total. The van der Waals surface area contributed by atoms with Crippen LogP contribution in [0.1, 0.15) is 30.6 Å². The number of carboxylic acids is 1. The van der Waals surface area contributed by atoms with Gasteiger partial charge in [0.1, 0.15) is 11.3 Å². The van der Waals surface area contributed by atoms with Gasteiger partial charge in [-0.2, -0.15) is 0 Å². The van der Waals surface area contributed by atoms with E-state index in [1.54, 1.807) is 18.2 Å². The summed E-state index contributed by atoms with van der Waals surface area (Å²) < 4.78 is 17.1. The molecular formula is C13H18O4S. The standard InChI is InChI=1S/C13H18O4S/c1-3-10(2)18(16)9-8-17-12-7-5-4-6-11(12)13(14)15/h4-7,10H,3,8-9H2,1-2H3,(H,14,15). The maximum Gasteiger partial charge on any atom is 0.339 e. The van der Waals surface area contributed by atoms with Crippen LogP contribution in [0.4, 0.5) is 0 Å². The van der Waals surface area contributed by atoms with E-state index in [9.17, 15) is 9.00 Å². The van der Waals surface area contributed by atoms with Crippen molar-refractivity contribution >= 4 is 16.8 Å². The Bertz CT molecular complexity index is 431. The minimum Gasteiger partial charge on any atom is -0.492 e. The maximum atomic E-state index is 11.7. The molecule has 0 saturated carbocycles. The van der Waals surface area contributed by atoms with Gasteiger partial charge >= 0.3 is 5.97 Å². The number of rotatable bonds is 7. The van der Waals surface area contributed by atoms with E-state index in [4.69, 9.17) is 9.84 Å². The van der Waals surface area contributed by atoms with E-state index in [2.05, 4.69) is 0 Å². The van der Waals surface area contributed by atoms with Gasteiger partial charge in [-0.1, -0.05) is 26.0 Å². The lowest BCUT2D eigenvalue weighted by molar-refractivity contribution is 0.0692. The predicted molar refractivity (Wildman–Crippen MR) is 71.7 cm³/mol. The number of hydrogen-bond acceptors (Lipinski definition) is 3. The molecule has 0 bridgehead atoms. The molecule has 2 atom stereocenters. The van der Waals surface area contributed by atoms with Gasteiger partial charge in [-0.05, 0) is 18.6 Å². The summed E-state index contributed by atoms with van der Waals surface area (Å²) in [5, 5.41) is 9.10. The highest BCUT2D eigenvalue weighted by Crippen LogP contribution is 2.17. The van der Waals surface area contributed by atoms with Gasteiger partial charge in [-0.15, -0.1) is 0 Å². The quantitative estimate of drug-likeness (QED) is 0.825. The van der Waals surface area contributed by atoms with Gasteiger partial charge in [-0.25, -0.2) is 4.79 Å². The van der Waals surface area contributed by atoms with E-state index in [-0.39, 0.29) is 17.4 Å². The Morgan fingerprint density at radius 1 is 1.44 bits per heavy atom. The van der Waals surface area contributed by atoms with Crippen LogP contribution in [0.5, 0.6) is 5.75 Å². The van der Waals surface area contributed by atoms with Gasteiger partial charge in [0.15, 0.2) is 0 Å². The van der Waals surface area contributed by atoms with Gasteiger partial charge in [0, 0.05) is 16.0 Å². The average Bonchev–Trinajstić information content (AvgIpc) is 2.38. The highest BCUT2D eigenvalue weighted by Gasteiger charge is 2.12. The molecule has 1 aromatic rings. The number of hydrogen-bond donors (Lipinski definition) is 1. The SMILES string of the molecule is CCC(C)S(=O)CCOc1ccccc1C(=O)O. The Morgan fingerprint density at radius 2 is 2.11 bits per heavy atom. The molecule has 5 heteroatoms. The van der Waals surface area contributed by atoms with Crippen LogP contribution in [-0.4, -0.2) is 32.9 Å². The van der Waals surface area contributed by atoms with E-state index in [0.29, 0.717) is 11.5 Å². The summed E-state index contributed by atoms with van der Waals surface area (Å²) in [7, 11) is -0.928. The maximum absolute atomic E-state index is 11.7. The topological polar surface area (TPSA) is 63.6 Å². The first-order chi connectivity index (χ1) is 8.56. The number of carbonyl (C=O) groups is 1. The summed E-state index contributed by atoms with van der Waals surface area (Å²) in [5.41, 5.74) is 0.131. The molecule has 0 aliphatic carbocycles. The third-order valence-corrected chi connectivity index (χ3v) is 4.48. The van der Waals surface area contributed by atoms with E-state index in [0.717, 1.165) is 6.42 Å². The Balaban J connectivity index is 2.54. The number of carboxylic acid groups (broad SMARTS) is 1. The van der Waals surface area contributed by atoms with E-state index in [1.165, 1.54) is 6.07 Å². The summed E-state index contributed by atoms with van der Waals surface area (Å²) in [4.78, 5) is 10.9. The summed E-state index contributed by atoms with van der Waals surface area (Å²) >= 11 is 0. The fourth-order valence-electron chi connectivity index (χ4n) is 1.39. The number of ether oxygens (including phenoxy) is 1. The molecule has 2 unspecified atom stereocenters. The van der Waals surface area contributed by atoms with E-state index >= 15 is 0 Å². The van der Waals surface area contributed by atoms with Crippen LogP contribution in [0.15, 0.2) is 24.3 Å². The average molecular weight is 270 g/mol. The molecule has 0 fully saturated rings. The van der Waals surface area contributed by atoms with Gasteiger partial charge in [-0.3, -0.25) is 4.21 Å². The lowest BCUT2D eigenvalue weighted by atomic mass is 10.2. The molecule has 18 heavy (non-hydrogen) atoms. The summed E-state index contributed by atoms with van der Waals surface area (Å²) in [6.45, 7) is 4.19. The molecule has 0 saturated heterocycles. The third-order valence-electron chi connectivity index (χ3n) is 2.68. The van der Waals surface area contributed by atoms with Gasteiger partial charge < -0.3 is 9.84 Å². The molecule has 0 spiro atoms. The molecule has 0 aromatic heterocycles. The fourth-order valence-corrected chi connectivity index (χ4v) is 2.41. The normalized spacial score (nSPS) is 13.9. The molecule has 4 nitrogen and oxygen atoms in total. The Kier molecular flexibility index (Phi) is 5.85. The minimum atomic E-state index is -1.02. The molecule has 0 heterocycles. The predicted octanol–water partition coefficient (Wildman–Crippen LogP) is 2.31. The van der Waals surface area contributed by atoms with Crippen molar-refractivity contribution in [2.45, 2.75) is 25.5 Å². The smallest absolute Gasteiger partial charge is 0.339 e. The van der Waals surface area contributed by atoms with Crippen molar-refractivity contribution in [3.63, 3.8) is 0 Å². The molecular weight excluding hydrogens is 252 g/mol. The van der Waals surface area contributed by atoms with Crippen LogP contribution in [0.2, 0.25) is 0 Å². The first-order valence-electron chi connectivity index (χ1n) is 5.88. The van der Waals surface area contributed by atoms with Crippen LogP contribution in [0.3, 0.4) is 0 Å². The van der Waals surface area contributed by atoms with Gasteiger partial charge in [0.25, 0.3) is 0 Å². The second kappa shape index (κ2) is 7.16. The molecule has 100 valence electrons. The van der Waals surface area contributed by atoms with Crippen molar-refractivity contribution in [3.8, 4) is 5.75 Å². The fraction of sp³-hybridized carbons (Fsp3) is 0.462. The zero-order valence-corrected chi connectivity index (χ0v) is 11.4. The highest BCUT2D eigenvalue weighted by atomic mass is 32.2. The van der Waals surface area contributed by atoms with Crippen LogP contribution in [-0.2, 0) is 10.8 Å². The van der Waals surface area contributed by atoms with Crippen LogP contribution < -0.4 is 4.74 Å². The molecule has 1 aromatic carbocycles. The molecule has 0 aliphatic heterocycles.